The van der Waals surface area contributed by atoms with Crippen molar-refractivity contribution in [2.24, 2.45) is 0 Å². The highest BCUT2D eigenvalue weighted by molar-refractivity contribution is 5.96. The maximum Gasteiger partial charge on any atom is 0.272 e. The molecule has 0 unspecified atom stereocenters. The number of rotatable bonds is 5. The van der Waals surface area contributed by atoms with Crippen LogP contribution in [0.15, 0.2) is 18.2 Å². The topological polar surface area (TPSA) is 91.8 Å². The Kier molecular flexibility index (Phi) is 6.25. The van der Waals surface area contributed by atoms with Crippen LogP contribution in [0.1, 0.15) is 27.9 Å². The number of pyridine rings is 1. The van der Waals surface area contributed by atoms with Crippen molar-refractivity contribution < 1.29 is 19.1 Å². The van der Waals surface area contributed by atoms with Crippen LogP contribution in [-0.4, -0.2) is 78.9 Å². The maximum absolute atomic E-state index is 12.5. The number of hydrogen-bond acceptors (Lipinski definition) is 5. The molecule has 8 heteroatoms. The quantitative estimate of drug-likeness (QED) is 0.751. The van der Waals surface area contributed by atoms with E-state index in [-0.39, 0.29) is 29.1 Å². The second kappa shape index (κ2) is 8.39. The zero-order valence-corrected chi connectivity index (χ0v) is 13.9. The summed E-state index contributed by atoms with van der Waals surface area (Å²) in [6.45, 7) is 4.25. The van der Waals surface area contributed by atoms with Gasteiger partial charge in [-0.1, -0.05) is 6.07 Å². The first kappa shape index (κ1) is 17.9. The first-order valence-electron chi connectivity index (χ1n) is 7.82. The van der Waals surface area contributed by atoms with Crippen molar-refractivity contribution in [3.05, 3.63) is 29.6 Å². The van der Waals surface area contributed by atoms with Gasteiger partial charge in [0.2, 0.25) is 5.91 Å². The minimum absolute atomic E-state index is 0.00921. The average Bonchev–Trinajstić information content (AvgIpc) is 2.61. The van der Waals surface area contributed by atoms with E-state index in [1.54, 1.807) is 35.1 Å². The summed E-state index contributed by atoms with van der Waals surface area (Å²) in [7, 11) is 1.55. The molecule has 1 fully saturated rings. The van der Waals surface area contributed by atoms with E-state index >= 15 is 0 Å². The van der Waals surface area contributed by atoms with Gasteiger partial charge in [0.05, 0.1) is 6.61 Å². The average molecular weight is 334 g/mol. The van der Waals surface area contributed by atoms with Gasteiger partial charge in [-0.05, 0) is 12.1 Å². The van der Waals surface area contributed by atoms with E-state index < -0.39 is 0 Å². The van der Waals surface area contributed by atoms with Crippen molar-refractivity contribution in [1.82, 2.24) is 20.1 Å². The lowest BCUT2D eigenvalue weighted by molar-refractivity contribution is -0.130. The Morgan fingerprint density at radius 2 is 1.75 bits per heavy atom. The lowest BCUT2D eigenvalue weighted by Gasteiger charge is -2.34. The molecule has 2 heterocycles. The van der Waals surface area contributed by atoms with Gasteiger partial charge < -0.3 is 19.9 Å². The molecule has 24 heavy (non-hydrogen) atoms. The van der Waals surface area contributed by atoms with Gasteiger partial charge in [-0.15, -0.1) is 0 Å². The fourth-order valence-corrected chi connectivity index (χ4v) is 2.42. The van der Waals surface area contributed by atoms with Crippen LogP contribution in [0.3, 0.4) is 0 Å². The molecule has 1 aromatic heterocycles. The summed E-state index contributed by atoms with van der Waals surface area (Å²) in [5, 5.41) is 2.67. The van der Waals surface area contributed by atoms with Gasteiger partial charge in [0.25, 0.3) is 11.8 Å². The third-order valence-corrected chi connectivity index (χ3v) is 3.80. The van der Waals surface area contributed by atoms with Crippen molar-refractivity contribution in [1.29, 1.82) is 0 Å². The van der Waals surface area contributed by atoms with Crippen molar-refractivity contribution in [3.63, 3.8) is 0 Å². The van der Waals surface area contributed by atoms with E-state index in [9.17, 15) is 14.4 Å². The van der Waals surface area contributed by atoms with Crippen molar-refractivity contribution >= 4 is 17.7 Å². The summed E-state index contributed by atoms with van der Waals surface area (Å²) in [4.78, 5) is 43.3. The minimum atomic E-state index is -0.344. The van der Waals surface area contributed by atoms with Gasteiger partial charge in [0.15, 0.2) is 0 Å². The van der Waals surface area contributed by atoms with E-state index in [0.717, 1.165) is 0 Å². The monoisotopic (exact) mass is 334 g/mol. The molecule has 1 aliphatic rings. The van der Waals surface area contributed by atoms with Crippen LogP contribution < -0.4 is 5.32 Å². The molecule has 8 nitrogen and oxygen atoms in total. The third-order valence-electron chi connectivity index (χ3n) is 3.80. The summed E-state index contributed by atoms with van der Waals surface area (Å²) < 4.78 is 4.87. The molecule has 0 bridgehead atoms. The maximum atomic E-state index is 12.5. The van der Waals surface area contributed by atoms with E-state index in [1.165, 1.54) is 6.92 Å². The summed E-state index contributed by atoms with van der Waals surface area (Å²) in [5.74, 6) is -0.567. The van der Waals surface area contributed by atoms with Gasteiger partial charge in [-0.25, -0.2) is 4.98 Å². The highest BCUT2D eigenvalue weighted by Crippen LogP contribution is 2.08. The molecule has 0 saturated carbocycles. The fraction of sp³-hybridized carbons (Fsp3) is 0.500. The molecule has 0 atom stereocenters. The number of methoxy groups -OCH3 is 1. The summed E-state index contributed by atoms with van der Waals surface area (Å²) >= 11 is 0. The Balaban J connectivity index is 1.99. The van der Waals surface area contributed by atoms with Crippen LogP contribution in [0.5, 0.6) is 0 Å². The molecule has 1 aliphatic heterocycles. The predicted molar refractivity (Wildman–Crippen MR) is 86.6 cm³/mol. The molecular formula is C16H22N4O4. The summed E-state index contributed by atoms with van der Waals surface area (Å²) in [6, 6.07) is 4.79. The number of nitrogens with one attached hydrogen (secondary N) is 1. The zero-order chi connectivity index (χ0) is 17.5. The summed E-state index contributed by atoms with van der Waals surface area (Å²) in [5.41, 5.74) is 0.421. The Hall–Kier alpha value is -2.48. The highest BCUT2D eigenvalue weighted by atomic mass is 16.5. The van der Waals surface area contributed by atoms with Crippen molar-refractivity contribution in [3.8, 4) is 0 Å². The zero-order valence-electron chi connectivity index (χ0n) is 13.9. The smallest absolute Gasteiger partial charge is 0.272 e. The van der Waals surface area contributed by atoms with E-state index in [4.69, 9.17) is 4.74 Å². The second-order valence-electron chi connectivity index (χ2n) is 5.46. The van der Waals surface area contributed by atoms with Crippen LogP contribution in [0.2, 0.25) is 0 Å². The fourth-order valence-electron chi connectivity index (χ4n) is 2.42. The molecule has 3 amide bonds. The predicted octanol–water partition coefficient (Wildman–Crippen LogP) is -0.238. The van der Waals surface area contributed by atoms with Crippen LogP contribution in [-0.2, 0) is 9.53 Å². The molecule has 1 aromatic rings. The number of aromatic nitrogens is 1. The number of nitrogens with zero attached hydrogens (tertiary/aromatic N) is 3. The van der Waals surface area contributed by atoms with Gasteiger partial charge in [-0.3, -0.25) is 14.4 Å². The van der Waals surface area contributed by atoms with Crippen LogP contribution >= 0.6 is 0 Å². The van der Waals surface area contributed by atoms with Gasteiger partial charge in [-0.2, -0.15) is 0 Å². The molecule has 130 valence electrons. The molecule has 0 spiro atoms. The minimum Gasteiger partial charge on any atom is -0.383 e. The Morgan fingerprint density at radius 1 is 1.12 bits per heavy atom. The number of hydrogen-bond donors (Lipinski definition) is 1. The normalized spacial score (nSPS) is 14.4. The van der Waals surface area contributed by atoms with Gasteiger partial charge >= 0.3 is 0 Å². The lowest BCUT2D eigenvalue weighted by Crippen LogP contribution is -2.50. The third kappa shape index (κ3) is 4.51. The van der Waals surface area contributed by atoms with Crippen LogP contribution in [0.4, 0.5) is 0 Å². The van der Waals surface area contributed by atoms with E-state index in [1.807, 2.05) is 0 Å². The number of amides is 3. The molecule has 0 radical (unpaired) electrons. The van der Waals surface area contributed by atoms with Crippen LogP contribution in [0.25, 0.3) is 0 Å². The number of piperazine rings is 1. The van der Waals surface area contributed by atoms with E-state index in [0.29, 0.717) is 39.3 Å². The van der Waals surface area contributed by atoms with Gasteiger partial charge in [0.1, 0.15) is 11.4 Å². The SMILES string of the molecule is COCCNC(=O)c1cccc(C(=O)N2CCN(C(C)=O)CC2)n1. The molecular weight excluding hydrogens is 312 g/mol. The van der Waals surface area contributed by atoms with E-state index in [2.05, 4.69) is 10.3 Å². The number of ether oxygens (including phenoxy) is 1. The number of carbonyl (C=O) groups is 3. The molecule has 0 aromatic carbocycles. The highest BCUT2D eigenvalue weighted by Gasteiger charge is 2.24. The second-order valence-corrected chi connectivity index (χ2v) is 5.46. The molecule has 1 saturated heterocycles. The standard InChI is InChI=1S/C16H22N4O4/c1-12(21)19-7-9-20(10-8-19)16(23)14-5-3-4-13(18-14)15(22)17-6-11-24-2/h3-5H,6-11H2,1-2H3,(H,17,22). The first-order chi connectivity index (χ1) is 11.5. The summed E-state index contributed by atoms with van der Waals surface area (Å²) in [6.07, 6.45) is 0. The van der Waals surface area contributed by atoms with Crippen molar-refractivity contribution in [2.45, 2.75) is 6.92 Å². The molecule has 2 rings (SSSR count). The number of carbonyl (C=O) groups excluding carboxylic acids is 3. The Bertz CT molecular complexity index is 612. The lowest BCUT2D eigenvalue weighted by atomic mass is 10.2. The van der Waals surface area contributed by atoms with Crippen molar-refractivity contribution in [2.75, 3.05) is 46.4 Å². The largest absolute Gasteiger partial charge is 0.383 e. The van der Waals surface area contributed by atoms with Crippen LogP contribution in [0, 0.1) is 0 Å². The molecule has 1 N–H and O–H groups in total. The Labute approximate surface area is 140 Å². The first-order valence-corrected chi connectivity index (χ1v) is 7.82. The molecule has 0 aliphatic carbocycles. The Morgan fingerprint density at radius 3 is 2.38 bits per heavy atom. The van der Waals surface area contributed by atoms with Gasteiger partial charge in [0, 0.05) is 46.8 Å².